The number of pyridine rings is 1. The number of carbonyl (C=O) groups is 1. The van der Waals surface area contributed by atoms with Crippen LogP contribution >= 0.6 is 23.2 Å². The van der Waals surface area contributed by atoms with Crippen LogP contribution in [-0.2, 0) is 11.3 Å². The van der Waals surface area contributed by atoms with Crippen LogP contribution in [0.2, 0.25) is 10.3 Å². The topological polar surface area (TPSA) is 54.3 Å². The zero-order chi connectivity index (χ0) is 22.3. The van der Waals surface area contributed by atoms with E-state index in [1.54, 1.807) is 12.4 Å². The van der Waals surface area contributed by atoms with Gasteiger partial charge in [-0.25, -0.2) is 4.98 Å². The first-order valence-electron chi connectivity index (χ1n) is 10.8. The standard InChI is InChI=1S/C24H25Cl2N5O/c1-29-15-24(16-29)8-12-30(13-9-24)20(32)14-31-22(18-6-10-27-11-7-18)21(28-23(31)26)17-2-4-19(25)5-3-17/h2-7,10-11H,8-9,12-16H2,1H3. The van der Waals surface area contributed by atoms with Gasteiger partial charge in [-0.15, -0.1) is 0 Å². The lowest BCUT2D eigenvalue weighted by molar-refractivity contribution is -0.136. The van der Waals surface area contributed by atoms with Crippen LogP contribution in [0.3, 0.4) is 0 Å². The van der Waals surface area contributed by atoms with E-state index in [1.807, 2.05) is 45.9 Å². The molecule has 1 aromatic carbocycles. The van der Waals surface area contributed by atoms with Crippen molar-refractivity contribution in [2.45, 2.75) is 19.4 Å². The van der Waals surface area contributed by atoms with Crippen LogP contribution in [0.4, 0.5) is 0 Å². The van der Waals surface area contributed by atoms with Gasteiger partial charge < -0.3 is 14.4 Å². The highest BCUT2D eigenvalue weighted by Crippen LogP contribution is 2.40. The minimum absolute atomic E-state index is 0.0739. The molecule has 1 amide bonds. The van der Waals surface area contributed by atoms with Gasteiger partial charge in [-0.1, -0.05) is 23.7 Å². The first kappa shape index (κ1) is 21.4. The summed E-state index contributed by atoms with van der Waals surface area (Å²) >= 11 is 12.7. The molecule has 166 valence electrons. The Kier molecular flexibility index (Phi) is 5.70. The largest absolute Gasteiger partial charge is 0.341 e. The van der Waals surface area contributed by atoms with Crippen LogP contribution in [0.15, 0.2) is 48.8 Å². The first-order chi connectivity index (χ1) is 15.4. The van der Waals surface area contributed by atoms with Gasteiger partial charge in [0.1, 0.15) is 6.54 Å². The molecule has 5 rings (SSSR count). The Balaban J connectivity index is 1.43. The number of imidazole rings is 1. The number of halogens is 2. The fraction of sp³-hybridized carbons (Fsp3) is 0.375. The van der Waals surface area contributed by atoms with E-state index in [9.17, 15) is 4.79 Å². The molecule has 0 bridgehead atoms. The number of nitrogens with zero attached hydrogens (tertiary/aromatic N) is 5. The molecule has 0 N–H and O–H groups in total. The zero-order valence-electron chi connectivity index (χ0n) is 18.0. The number of rotatable bonds is 4. The van der Waals surface area contributed by atoms with Crippen LogP contribution in [0.5, 0.6) is 0 Å². The molecular formula is C24H25Cl2N5O. The molecule has 2 aromatic heterocycles. The second-order valence-corrected chi connectivity index (χ2v) is 9.73. The molecule has 0 saturated carbocycles. The van der Waals surface area contributed by atoms with Crippen molar-refractivity contribution in [3.05, 3.63) is 59.1 Å². The van der Waals surface area contributed by atoms with Crippen molar-refractivity contribution in [1.29, 1.82) is 0 Å². The van der Waals surface area contributed by atoms with E-state index >= 15 is 0 Å². The fourth-order valence-electron chi connectivity index (χ4n) is 5.06. The third-order valence-electron chi connectivity index (χ3n) is 6.67. The zero-order valence-corrected chi connectivity index (χ0v) is 19.5. The smallest absolute Gasteiger partial charge is 0.242 e. The van der Waals surface area contributed by atoms with E-state index < -0.39 is 0 Å². The second kappa shape index (κ2) is 8.50. The summed E-state index contributed by atoms with van der Waals surface area (Å²) in [6.45, 7) is 4.03. The van der Waals surface area contributed by atoms with Gasteiger partial charge in [-0.3, -0.25) is 9.78 Å². The van der Waals surface area contributed by atoms with Crippen LogP contribution in [0.25, 0.3) is 22.5 Å². The third-order valence-corrected chi connectivity index (χ3v) is 7.21. The van der Waals surface area contributed by atoms with Crippen molar-refractivity contribution >= 4 is 29.1 Å². The van der Waals surface area contributed by atoms with E-state index in [1.165, 1.54) is 0 Å². The van der Waals surface area contributed by atoms with E-state index in [2.05, 4.69) is 21.9 Å². The Hall–Kier alpha value is -2.41. The molecular weight excluding hydrogens is 445 g/mol. The molecule has 1 spiro atoms. The highest BCUT2D eigenvalue weighted by molar-refractivity contribution is 6.30. The minimum Gasteiger partial charge on any atom is -0.341 e. The lowest BCUT2D eigenvalue weighted by Gasteiger charge is -2.52. The van der Waals surface area contributed by atoms with Crippen molar-refractivity contribution in [1.82, 2.24) is 24.3 Å². The van der Waals surface area contributed by atoms with Gasteiger partial charge in [0, 0.05) is 54.7 Å². The minimum atomic E-state index is 0.0739. The van der Waals surface area contributed by atoms with E-state index in [4.69, 9.17) is 23.2 Å². The van der Waals surface area contributed by atoms with Crippen molar-refractivity contribution in [3.63, 3.8) is 0 Å². The summed E-state index contributed by atoms with van der Waals surface area (Å²) in [4.78, 5) is 26.3. The summed E-state index contributed by atoms with van der Waals surface area (Å²) in [5.41, 5.74) is 3.74. The lowest BCUT2D eigenvalue weighted by Crippen LogP contribution is -2.59. The van der Waals surface area contributed by atoms with Gasteiger partial charge in [0.25, 0.3) is 0 Å². The van der Waals surface area contributed by atoms with Crippen molar-refractivity contribution in [2.24, 2.45) is 5.41 Å². The van der Waals surface area contributed by atoms with Gasteiger partial charge in [0.2, 0.25) is 11.2 Å². The molecule has 2 saturated heterocycles. The highest BCUT2D eigenvalue weighted by atomic mass is 35.5. The number of amides is 1. The highest BCUT2D eigenvalue weighted by Gasteiger charge is 2.43. The molecule has 2 aliphatic heterocycles. The predicted octanol–water partition coefficient (Wildman–Crippen LogP) is 4.47. The van der Waals surface area contributed by atoms with Gasteiger partial charge in [-0.05, 0) is 61.2 Å². The van der Waals surface area contributed by atoms with Crippen molar-refractivity contribution in [2.75, 3.05) is 33.2 Å². The molecule has 32 heavy (non-hydrogen) atoms. The van der Waals surface area contributed by atoms with E-state index in [0.717, 1.165) is 61.5 Å². The quantitative estimate of drug-likeness (QED) is 0.565. The Morgan fingerprint density at radius 3 is 2.28 bits per heavy atom. The van der Waals surface area contributed by atoms with Crippen LogP contribution in [0.1, 0.15) is 12.8 Å². The summed E-state index contributed by atoms with van der Waals surface area (Å²) < 4.78 is 1.81. The van der Waals surface area contributed by atoms with Crippen molar-refractivity contribution < 1.29 is 4.79 Å². The average molecular weight is 470 g/mol. The number of hydrogen-bond acceptors (Lipinski definition) is 4. The molecule has 0 atom stereocenters. The molecule has 0 radical (unpaired) electrons. The lowest BCUT2D eigenvalue weighted by atomic mass is 9.72. The molecule has 2 fully saturated rings. The van der Waals surface area contributed by atoms with Crippen LogP contribution in [0, 0.1) is 5.41 Å². The normalized spacial score (nSPS) is 18.0. The number of benzene rings is 1. The van der Waals surface area contributed by atoms with Crippen LogP contribution < -0.4 is 0 Å². The molecule has 0 aliphatic carbocycles. The summed E-state index contributed by atoms with van der Waals surface area (Å²) in [5.74, 6) is 0.0739. The van der Waals surface area contributed by atoms with Gasteiger partial charge in [0.15, 0.2) is 0 Å². The second-order valence-electron chi connectivity index (χ2n) is 8.96. The van der Waals surface area contributed by atoms with Crippen LogP contribution in [-0.4, -0.2) is 63.5 Å². The Bertz CT molecular complexity index is 1110. The van der Waals surface area contributed by atoms with Crippen molar-refractivity contribution in [3.8, 4) is 22.5 Å². The Morgan fingerprint density at radius 1 is 1.00 bits per heavy atom. The number of likely N-dealkylation sites (tertiary alicyclic amines) is 2. The van der Waals surface area contributed by atoms with Gasteiger partial charge in [-0.2, -0.15) is 0 Å². The monoisotopic (exact) mass is 469 g/mol. The SMILES string of the molecule is CN1CC2(CCN(C(=O)Cn3c(Cl)nc(-c4ccc(Cl)cc4)c3-c3ccncc3)CC2)C1. The molecule has 2 aliphatic rings. The fourth-order valence-corrected chi connectivity index (χ4v) is 5.42. The maximum atomic E-state index is 13.3. The Morgan fingerprint density at radius 2 is 1.66 bits per heavy atom. The molecule has 4 heterocycles. The van der Waals surface area contributed by atoms with E-state index in [-0.39, 0.29) is 12.5 Å². The predicted molar refractivity (Wildman–Crippen MR) is 127 cm³/mol. The first-order valence-corrected chi connectivity index (χ1v) is 11.6. The maximum Gasteiger partial charge on any atom is 0.242 e. The number of carbonyl (C=O) groups excluding carboxylic acids is 1. The third kappa shape index (κ3) is 4.03. The summed E-state index contributed by atoms with van der Waals surface area (Å²) in [5, 5.41) is 0.949. The van der Waals surface area contributed by atoms with Gasteiger partial charge in [0.05, 0.1) is 11.4 Å². The van der Waals surface area contributed by atoms with E-state index in [0.29, 0.717) is 15.7 Å². The maximum absolute atomic E-state index is 13.3. The average Bonchev–Trinajstić information content (AvgIpc) is 3.10. The molecule has 6 nitrogen and oxygen atoms in total. The number of aromatic nitrogens is 3. The Labute approximate surface area is 197 Å². The summed E-state index contributed by atoms with van der Waals surface area (Å²) in [7, 11) is 2.16. The van der Waals surface area contributed by atoms with Gasteiger partial charge >= 0.3 is 0 Å². The summed E-state index contributed by atoms with van der Waals surface area (Å²) in [6, 6.07) is 11.3. The molecule has 3 aromatic rings. The molecule has 0 unspecified atom stereocenters. The summed E-state index contributed by atoms with van der Waals surface area (Å²) in [6.07, 6.45) is 5.59. The molecule has 8 heteroatoms. The number of piperidine rings is 1. The number of hydrogen-bond donors (Lipinski definition) is 0.